The first-order valence-electron chi connectivity index (χ1n) is 6.20. The molecule has 2 bridgehead atoms. The summed E-state index contributed by atoms with van der Waals surface area (Å²) in [7, 11) is 0. The molecule has 4 heterocycles. The second-order valence-electron chi connectivity index (χ2n) is 5.20. The number of hydrogen-bond acceptors (Lipinski definition) is 1. The van der Waals surface area contributed by atoms with Crippen LogP contribution >= 0.6 is 0 Å². The molecule has 1 aromatic heterocycles. The Hall–Kier alpha value is -1.44. The van der Waals surface area contributed by atoms with Crippen molar-refractivity contribution in [2.75, 3.05) is 18.0 Å². The molecule has 2 aromatic rings. The molecule has 1 N–H and O–H groups in total. The molecule has 0 aliphatic carbocycles. The summed E-state index contributed by atoms with van der Waals surface area (Å²) in [4.78, 5) is 6.12. The third kappa shape index (κ3) is 0.972. The van der Waals surface area contributed by atoms with Crippen LogP contribution in [-0.4, -0.2) is 18.1 Å². The minimum Gasteiger partial charge on any atom is -0.358 e. The highest BCUT2D eigenvalue weighted by atomic mass is 15.2. The topological polar surface area (TPSA) is 19.0 Å². The minimum absolute atomic E-state index is 0.801. The van der Waals surface area contributed by atoms with Crippen molar-refractivity contribution in [3.8, 4) is 0 Å². The van der Waals surface area contributed by atoms with E-state index in [9.17, 15) is 0 Å². The van der Waals surface area contributed by atoms with Gasteiger partial charge in [0.25, 0.3) is 0 Å². The van der Waals surface area contributed by atoms with E-state index in [4.69, 9.17) is 0 Å². The van der Waals surface area contributed by atoms with Crippen LogP contribution in [0, 0.1) is 6.92 Å². The largest absolute Gasteiger partial charge is 0.358 e. The zero-order chi connectivity index (χ0) is 10.7. The van der Waals surface area contributed by atoms with Gasteiger partial charge in [-0.1, -0.05) is 11.6 Å². The van der Waals surface area contributed by atoms with E-state index in [1.165, 1.54) is 48.2 Å². The average molecular weight is 212 g/mol. The zero-order valence-electron chi connectivity index (χ0n) is 9.59. The number of hydrogen-bond donors (Lipinski definition) is 1. The summed E-state index contributed by atoms with van der Waals surface area (Å²) in [5, 5.41) is 1.46. The van der Waals surface area contributed by atoms with Gasteiger partial charge in [-0.05, 0) is 37.8 Å². The molecule has 3 aliphatic rings. The van der Waals surface area contributed by atoms with Crippen molar-refractivity contribution < 1.29 is 0 Å². The van der Waals surface area contributed by atoms with Crippen molar-refractivity contribution in [3.63, 3.8) is 0 Å². The fraction of sp³-hybridized carbons (Fsp3) is 0.429. The minimum atomic E-state index is 0.801. The van der Waals surface area contributed by atoms with Crippen LogP contribution in [0.2, 0.25) is 0 Å². The first-order chi connectivity index (χ1) is 7.83. The number of benzene rings is 1. The smallest absolute Gasteiger partial charge is 0.110 e. The predicted molar refractivity (Wildman–Crippen MR) is 67.2 cm³/mol. The van der Waals surface area contributed by atoms with Crippen molar-refractivity contribution in [1.29, 1.82) is 0 Å². The molecule has 2 nitrogen and oxygen atoms in total. The van der Waals surface area contributed by atoms with Gasteiger partial charge < -0.3 is 9.88 Å². The van der Waals surface area contributed by atoms with E-state index >= 15 is 0 Å². The number of nitrogens with zero attached hydrogens (tertiary/aromatic N) is 1. The van der Waals surface area contributed by atoms with Crippen LogP contribution in [0.5, 0.6) is 0 Å². The predicted octanol–water partition coefficient (Wildman–Crippen LogP) is 3.17. The van der Waals surface area contributed by atoms with Gasteiger partial charge >= 0.3 is 0 Å². The maximum Gasteiger partial charge on any atom is 0.110 e. The molecule has 0 spiro atoms. The number of piperidine rings is 1. The summed E-state index contributed by atoms with van der Waals surface area (Å²) in [6.07, 6.45) is 2.68. The summed E-state index contributed by atoms with van der Waals surface area (Å²) >= 11 is 0. The summed E-state index contributed by atoms with van der Waals surface area (Å²) < 4.78 is 0. The maximum absolute atomic E-state index is 3.60. The van der Waals surface area contributed by atoms with Crippen molar-refractivity contribution in [2.24, 2.45) is 0 Å². The Morgan fingerprint density at radius 2 is 2.06 bits per heavy atom. The normalized spacial score (nSPS) is 19.4. The van der Waals surface area contributed by atoms with Crippen molar-refractivity contribution in [1.82, 2.24) is 4.98 Å². The highest BCUT2D eigenvalue weighted by Gasteiger charge is 2.33. The number of rotatable bonds is 0. The summed E-state index contributed by atoms with van der Waals surface area (Å²) in [6, 6.07) is 6.76. The number of anilines is 1. The number of fused-ring (bicyclic) bond motifs is 3. The van der Waals surface area contributed by atoms with Gasteiger partial charge in [-0.25, -0.2) is 0 Å². The zero-order valence-corrected chi connectivity index (χ0v) is 9.59. The third-order valence-corrected chi connectivity index (χ3v) is 4.19. The van der Waals surface area contributed by atoms with E-state index in [0.29, 0.717) is 0 Å². The maximum atomic E-state index is 3.60. The highest BCUT2D eigenvalue weighted by Crippen LogP contribution is 2.45. The molecule has 16 heavy (non-hydrogen) atoms. The Morgan fingerprint density at radius 3 is 2.88 bits per heavy atom. The molecule has 82 valence electrons. The van der Waals surface area contributed by atoms with Gasteiger partial charge in [0.2, 0.25) is 0 Å². The summed E-state index contributed by atoms with van der Waals surface area (Å²) in [5.74, 6) is 2.21. The first kappa shape index (κ1) is 8.68. The van der Waals surface area contributed by atoms with Gasteiger partial charge in [-0.3, -0.25) is 0 Å². The number of H-pyrrole nitrogens is 1. The second kappa shape index (κ2) is 2.82. The highest BCUT2D eigenvalue weighted by molar-refractivity contribution is 5.91. The molecular formula is C14H16N2. The summed E-state index contributed by atoms with van der Waals surface area (Å²) in [6.45, 7) is 4.66. The molecule has 0 atom stereocenters. The molecule has 0 radical (unpaired) electrons. The van der Waals surface area contributed by atoms with Gasteiger partial charge in [0.15, 0.2) is 0 Å². The lowest BCUT2D eigenvalue weighted by atomic mass is 9.84. The van der Waals surface area contributed by atoms with Crippen molar-refractivity contribution in [2.45, 2.75) is 25.7 Å². The van der Waals surface area contributed by atoms with Gasteiger partial charge in [0, 0.05) is 29.6 Å². The molecule has 1 saturated heterocycles. The van der Waals surface area contributed by atoms with Crippen molar-refractivity contribution >= 4 is 16.7 Å². The lowest BCUT2D eigenvalue weighted by molar-refractivity contribution is 0.475. The van der Waals surface area contributed by atoms with Crippen LogP contribution in [0.25, 0.3) is 10.9 Å². The Labute approximate surface area is 95.3 Å². The van der Waals surface area contributed by atoms with E-state index in [2.05, 4.69) is 35.0 Å². The van der Waals surface area contributed by atoms with Crippen LogP contribution in [0.15, 0.2) is 18.2 Å². The molecule has 3 aliphatic heterocycles. The van der Waals surface area contributed by atoms with Crippen LogP contribution in [0.1, 0.15) is 29.9 Å². The Morgan fingerprint density at radius 1 is 1.25 bits per heavy atom. The molecule has 5 rings (SSSR count). The quantitative estimate of drug-likeness (QED) is 0.710. The monoisotopic (exact) mass is 212 g/mol. The molecule has 1 fully saturated rings. The molecular weight excluding hydrogens is 196 g/mol. The number of aryl methyl sites for hydroxylation is 1. The molecule has 2 heteroatoms. The summed E-state index contributed by atoms with van der Waals surface area (Å²) in [5.41, 5.74) is 4.27. The van der Waals surface area contributed by atoms with Gasteiger partial charge in [0.1, 0.15) is 5.82 Å². The lowest BCUT2D eigenvalue weighted by Gasteiger charge is -2.40. The fourth-order valence-electron chi connectivity index (χ4n) is 3.37. The van der Waals surface area contributed by atoms with Crippen LogP contribution < -0.4 is 4.90 Å². The fourth-order valence-corrected chi connectivity index (χ4v) is 3.37. The Bertz CT molecular complexity index is 559. The van der Waals surface area contributed by atoms with Gasteiger partial charge in [-0.15, -0.1) is 0 Å². The molecule has 0 amide bonds. The first-order valence-corrected chi connectivity index (χ1v) is 6.20. The van der Waals surface area contributed by atoms with Crippen LogP contribution in [-0.2, 0) is 0 Å². The standard InChI is InChI=1S/C14H16N2/c1-9-2-3-12-11(8-9)13-10-4-6-16(7-5-10)14(13)15-12/h2-3,8,10,15H,4-7H2,1H3. The van der Waals surface area contributed by atoms with Crippen LogP contribution in [0.4, 0.5) is 5.82 Å². The molecule has 1 aromatic carbocycles. The lowest BCUT2D eigenvalue weighted by Crippen LogP contribution is -2.38. The van der Waals surface area contributed by atoms with Crippen LogP contribution in [0.3, 0.4) is 0 Å². The number of aromatic amines is 1. The van der Waals surface area contributed by atoms with Gasteiger partial charge in [0.05, 0.1) is 0 Å². The molecule has 0 saturated carbocycles. The Balaban J connectivity index is 2.08. The Kier molecular flexibility index (Phi) is 1.53. The number of aromatic nitrogens is 1. The number of nitrogens with one attached hydrogen (secondary N) is 1. The van der Waals surface area contributed by atoms with E-state index in [0.717, 1.165) is 5.92 Å². The van der Waals surface area contributed by atoms with E-state index in [-0.39, 0.29) is 0 Å². The third-order valence-electron chi connectivity index (χ3n) is 4.19. The van der Waals surface area contributed by atoms with E-state index in [1.54, 1.807) is 5.56 Å². The second-order valence-corrected chi connectivity index (χ2v) is 5.20. The molecule has 0 unspecified atom stereocenters. The van der Waals surface area contributed by atoms with Gasteiger partial charge in [-0.2, -0.15) is 0 Å². The van der Waals surface area contributed by atoms with Crippen molar-refractivity contribution in [3.05, 3.63) is 29.3 Å². The average Bonchev–Trinajstić information content (AvgIpc) is 2.71. The van der Waals surface area contributed by atoms with E-state index < -0.39 is 0 Å². The SMILES string of the molecule is Cc1ccc2[nH]c3c(c2c1)C1CCN3CC1. The van der Waals surface area contributed by atoms with E-state index in [1.807, 2.05) is 0 Å².